The van der Waals surface area contributed by atoms with E-state index >= 15 is 0 Å². The Morgan fingerprint density at radius 2 is 1.48 bits per heavy atom. The Hall–Kier alpha value is -4.97. The van der Waals surface area contributed by atoms with Crippen LogP contribution in [-0.2, 0) is 24.6 Å². The molecule has 0 radical (unpaired) electrons. The highest BCUT2D eigenvalue weighted by atomic mass is 16.6. The van der Waals surface area contributed by atoms with Gasteiger partial charge in [0.1, 0.15) is 23.2 Å². The molecule has 2 atom stereocenters. The van der Waals surface area contributed by atoms with E-state index in [1.54, 1.807) is 21.1 Å². The number of carbonyl (C=O) groups excluding carboxylic acids is 1. The third-order valence-electron chi connectivity index (χ3n) is 7.30. The van der Waals surface area contributed by atoms with Crippen molar-refractivity contribution in [3.05, 3.63) is 140 Å². The van der Waals surface area contributed by atoms with Gasteiger partial charge in [-0.05, 0) is 60.9 Å². The molecule has 0 saturated heterocycles. The lowest BCUT2D eigenvalue weighted by atomic mass is 9.80. The summed E-state index contributed by atoms with van der Waals surface area (Å²) < 4.78 is 29.9. The van der Waals surface area contributed by atoms with E-state index in [-0.39, 0.29) is 18.8 Å². The number of methoxy groups -OCH3 is 2. The summed E-state index contributed by atoms with van der Waals surface area (Å²) in [7, 11) is 3.18. The van der Waals surface area contributed by atoms with Crippen LogP contribution >= 0.6 is 0 Å². The van der Waals surface area contributed by atoms with Gasteiger partial charge in [0.2, 0.25) is 0 Å². The molecule has 4 aromatic rings. The molecule has 0 saturated carbocycles. The van der Waals surface area contributed by atoms with Crippen LogP contribution in [0, 0.1) is 6.92 Å². The van der Waals surface area contributed by atoms with Crippen molar-refractivity contribution in [1.29, 1.82) is 0 Å². The third-order valence-corrected chi connectivity index (χ3v) is 7.30. The second kappa shape index (κ2) is 15.8. The molecule has 1 heterocycles. The van der Waals surface area contributed by atoms with Crippen molar-refractivity contribution in [3.63, 3.8) is 0 Å². The minimum absolute atomic E-state index is 0.151. The van der Waals surface area contributed by atoms with Gasteiger partial charge >= 0.3 is 11.7 Å². The van der Waals surface area contributed by atoms with Gasteiger partial charge < -0.3 is 28.8 Å². The molecule has 2 N–H and O–H groups in total. The van der Waals surface area contributed by atoms with Crippen molar-refractivity contribution in [2.75, 3.05) is 34.0 Å². The predicted octanol–water partition coefficient (Wildman–Crippen LogP) is 3.87. The number of rotatable bonds is 15. The zero-order valence-corrected chi connectivity index (χ0v) is 26.2. The van der Waals surface area contributed by atoms with Crippen LogP contribution < -0.4 is 20.7 Å². The van der Waals surface area contributed by atoms with E-state index in [2.05, 4.69) is 4.98 Å². The highest BCUT2D eigenvalue weighted by Gasteiger charge is 2.39. The topological polar surface area (TPSA) is 138 Å². The van der Waals surface area contributed by atoms with Gasteiger partial charge in [-0.1, -0.05) is 54.6 Å². The van der Waals surface area contributed by atoms with Crippen molar-refractivity contribution in [3.8, 4) is 11.5 Å². The van der Waals surface area contributed by atoms with Gasteiger partial charge in [-0.15, -0.1) is 0 Å². The summed E-state index contributed by atoms with van der Waals surface area (Å²) in [5.41, 5.74) is 0.0769. The molecule has 0 spiro atoms. The minimum Gasteiger partial charge on any atom is -0.497 e. The maximum absolute atomic E-state index is 12.8. The number of aromatic nitrogens is 2. The maximum Gasteiger partial charge on any atom is 0.330 e. The smallest absolute Gasteiger partial charge is 0.330 e. The van der Waals surface area contributed by atoms with Gasteiger partial charge in [0.15, 0.2) is 6.23 Å². The molecule has 0 aliphatic rings. The normalized spacial score (nSPS) is 12.9. The Kier molecular flexibility index (Phi) is 11.7. The summed E-state index contributed by atoms with van der Waals surface area (Å²) in [5, 5.41) is 10.5. The lowest BCUT2D eigenvalue weighted by Crippen LogP contribution is -2.39. The monoisotopic (exact) mass is 630 g/mol. The van der Waals surface area contributed by atoms with Crippen molar-refractivity contribution < 1.29 is 33.6 Å². The number of nitrogens with one attached hydrogen (secondary N) is 1. The van der Waals surface area contributed by atoms with Crippen LogP contribution in [0.25, 0.3) is 0 Å². The number of aliphatic hydroxyl groups is 1. The third kappa shape index (κ3) is 7.81. The molecule has 242 valence electrons. The van der Waals surface area contributed by atoms with Crippen molar-refractivity contribution >= 4 is 5.97 Å². The fourth-order valence-electron chi connectivity index (χ4n) is 4.95. The molecule has 0 unspecified atom stereocenters. The summed E-state index contributed by atoms with van der Waals surface area (Å²) in [4.78, 5) is 39.3. The Morgan fingerprint density at radius 1 is 0.913 bits per heavy atom. The maximum atomic E-state index is 12.8. The van der Waals surface area contributed by atoms with E-state index in [1.165, 1.54) is 19.2 Å². The van der Waals surface area contributed by atoms with E-state index in [1.807, 2.05) is 78.9 Å². The van der Waals surface area contributed by atoms with Crippen LogP contribution in [0.5, 0.6) is 11.5 Å². The van der Waals surface area contributed by atoms with Crippen LogP contribution in [0.4, 0.5) is 0 Å². The number of aryl methyl sites for hydroxylation is 1. The second-order valence-electron chi connectivity index (χ2n) is 10.2. The van der Waals surface area contributed by atoms with Gasteiger partial charge in [0, 0.05) is 17.8 Å². The summed E-state index contributed by atoms with van der Waals surface area (Å²) in [5.74, 6) is 0.675. The fraction of sp³-hybridized carbons (Fsp3) is 0.286. The number of ether oxygens (including phenoxy) is 5. The van der Waals surface area contributed by atoms with Crippen molar-refractivity contribution in [2.45, 2.75) is 31.8 Å². The highest BCUT2D eigenvalue weighted by molar-refractivity contribution is 5.81. The molecule has 46 heavy (non-hydrogen) atoms. The summed E-state index contributed by atoms with van der Waals surface area (Å²) in [6, 6.07) is 24.5. The Labute approximate surface area is 266 Å². The number of nitrogens with zero attached hydrogens (tertiary/aromatic N) is 1. The number of benzene rings is 3. The first-order valence-electron chi connectivity index (χ1n) is 14.7. The van der Waals surface area contributed by atoms with Gasteiger partial charge in [-0.3, -0.25) is 14.3 Å². The fourth-order valence-corrected chi connectivity index (χ4v) is 4.95. The molecule has 0 fully saturated rings. The predicted molar refractivity (Wildman–Crippen MR) is 171 cm³/mol. The summed E-state index contributed by atoms with van der Waals surface area (Å²) >= 11 is 0. The number of H-pyrrole nitrogens is 1. The molecule has 0 bridgehead atoms. The lowest BCUT2D eigenvalue weighted by molar-refractivity contribution is -0.137. The Balaban J connectivity index is 1.78. The first-order chi connectivity index (χ1) is 22.2. The van der Waals surface area contributed by atoms with Crippen LogP contribution in [0.2, 0.25) is 0 Å². The van der Waals surface area contributed by atoms with Gasteiger partial charge in [0.05, 0.1) is 34.0 Å². The molecule has 11 heteroatoms. The molecule has 0 aliphatic heterocycles. The summed E-state index contributed by atoms with van der Waals surface area (Å²) in [6.45, 7) is 2.68. The number of carbonyl (C=O) groups is 1. The van der Waals surface area contributed by atoms with Crippen molar-refractivity contribution in [2.24, 2.45) is 0 Å². The van der Waals surface area contributed by atoms with Gasteiger partial charge in [-0.2, -0.15) is 0 Å². The minimum atomic E-state index is -1.21. The highest BCUT2D eigenvalue weighted by Crippen LogP contribution is 2.42. The second-order valence-corrected chi connectivity index (χ2v) is 10.2. The molecule has 0 aliphatic carbocycles. The first-order valence-corrected chi connectivity index (χ1v) is 14.7. The number of esters is 1. The van der Waals surface area contributed by atoms with Crippen molar-refractivity contribution in [1.82, 2.24) is 9.55 Å². The SMILES string of the molecule is CCOC(=O)/C=C/[C@@H](O[C@@H](CO)COC(c1ccccc1)(c1ccc(OC)cc1)c1ccc(OC)cc1)n1cc(C)c(=O)[nH]c1=O. The summed E-state index contributed by atoms with van der Waals surface area (Å²) in [6.07, 6.45) is 1.55. The zero-order valence-electron chi connectivity index (χ0n) is 26.2. The zero-order chi connectivity index (χ0) is 33.1. The van der Waals surface area contributed by atoms with Crippen LogP contribution in [0.1, 0.15) is 35.4 Å². The van der Waals surface area contributed by atoms with Gasteiger partial charge in [-0.25, -0.2) is 9.59 Å². The number of hydrogen-bond acceptors (Lipinski definition) is 9. The Bertz CT molecular complexity index is 1660. The van der Waals surface area contributed by atoms with Crippen LogP contribution in [-0.4, -0.2) is 60.8 Å². The molecule has 3 aromatic carbocycles. The Morgan fingerprint density at radius 3 is 2.00 bits per heavy atom. The molecule has 11 nitrogen and oxygen atoms in total. The average Bonchev–Trinajstić information content (AvgIpc) is 3.08. The number of aromatic amines is 1. The lowest BCUT2D eigenvalue weighted by Gasteiger charge is -2.37. The van der Waals surface area contributed by atoms with Crippen LogP contribution in [0.15, 0.2) is 107 Å². The molecule has 1 aromatic heterocycles. The number of aliphatic hydroxyl groups excluding tert-OH is 1. The average molecular weight is 631 g/mol. The van der Waals surface area contributed by atoms with E-state index in [9.17, 15) is 19.5 Å². The first kappa shape index (κ1) is 33.9. The largest absolute Gasteiger partial charge is 0.497 e. The molecule has 4 rings (SSSR count). The van der Waals surface area contributed by atoms with E-state index in [4.69, 9.17) is 23.7 Å². The van der Waals surface area contributed by atoms with E-state index in [0.29, 0.717) is 11.5 Å². The van der Waals surface area contributed by atoms with Gasteiger partial charge in [0.25, 0.3) is 5.56 Å². The number of hydrogen-bond donors (Lipinski definition) is 2. The van der Waals surface area contributed by atoms with E-state index in [0.717, 1.165) is 27.3 Å². The van der Waals surface area contributed by atoms with E-state index < -0.39 is 41.8 Å². The standard InChI is InChI=1S/C35H38N2O9/c1-5-44-32(39)20-19-31(37-21-24(2)33(40)36-34(37)41)46-30(22-38)23-45-35(25-9-7-6-8-10-25,26-11-15-28(42-3)16-12-26)27-13-17-29(43-4)18-14-27/h6-21,30-31,38H,5,22-23H2,1-4H3,(H,36,40,41)/b20-19+/t30-,31+/m0/s1. The molecular formula is C35H38N2O9. The molecule has 0 amide bonds. The molecular weight excluding hydrogens is 592 g/mol. The quantitative estimate of drug-likeness (QED) is 0.114. The van der Waals surface area contributed by atoms with Crippen LogP contribution in [0.3, 0.4) is 0 Å².